The molecule has 0 aromatic heterocycles. The minimum Gasteiger partial charge on any atom is -0.309 e. The molecule has 0 amide bonds. The number of nitrogens with zero attached hydrogens (tertiary/aromatic N) is 3. The van der Waals surface area contributed by atoms with Gasteiger partial charge in [0, 0.05) is 6.04 Å². The van der Waals surface area contributed by atoms with Crippen molar-refractivity contribution < 1.29 is 0 Å². The van der Waals surface area contributed by atoms with Gasteiger partial charge in [-0.3, -0.25) is 4.90 Å². The van der Waals surface area contributed by atoms with Crippen LogP contribution in [0.1, 0.15) is 53.4 Å². The van der Waals surface area contributed by atoms with Crippen LogP contribution in [-0.2, 0) is 0 Å². The molecule has 0 bridgehead atoms. The second kappa shape index (κ2) is 8.15. The number of hydrogen-bond donors (Lipinski definition) is 0. The van der Waals surface area contributed by atoms with Gasteiger partial charge in [0.1, 0.15) is 0 Å². The summed E-state index contributed by atoms with van der Waals surface area (Å²) in [5.41, 5.74) is 0.363. The fraction of sp³-hybridized carbons (Fsp3) is 0.944. The van der Waals surface area contributed by atoms with Crippen molar-refractivity contribution >= 4 is 0 Å². The smallest absolute Gasteiger partial charge is 0.0672 e. The highest BCUT2D eigenvalue weighted by atomic mass is 15.2. The van der Waals surface area contributed by atoms with E-state index in [1.165, 1.54) is 19.3 Å². The van der Waals surface area contributed by atoms with E-state index in [1.807, 2.05) is 0 Å². The SMILES string of the molecule is CCN(CCCN(C)C)C1CC(C(C)(C)C)CCC1C#N. The molecule has 1 saturated carbocycles. The maximum atomic E-state index is 9.52. The first-order valence-electron chi connectivity index (χ1n) is 8.58. The Morgan fingerprint density at radius 3 is 2.29 bits per heavy atom. The van der Waals surface area contributed by atoms with E-state index >= 15 is 0 Å². The first-order valence-corrected chi connectivity index (χ1v) is 8.58. The van der Waals surface area contributed by atoms with Crippen molar-refractivity contribution in [3.8, 4) is 6.07 Å². The van der Waals surface area contributed by atoms with Gasteiger partial charge in [-0.15, -0.1) is 0 Å². The molecule has 3 unspecified atom stereocenters. The van der Waals surface area contributed by atoms with Crippen LogP contribution in [0.25, 0.3) is 0 Å². The highest BCUT2D eigenvalue weighted by molar-refractivity contribution is 4.99. The number of nitriles is 1. The van der Waals surface area contributed by atoms with E-state index in [1.54, 1.807) is 0 Å². The Hall–Kier alpha value is -0.590. The van der Waals surface area contributed by atoms with Crippen molar-refractivity contribution in [2.75, 3.05) is 33.7 Å². The maximum Gasteiger partial charge on any atom is 0.0672 e. The van der Waals surface area contributed by atoms with Gasteiger partial charge in [0.05, 0.1) is 12.0 Å². The summed E-state index contributed by atoms with van der Waals surface area (Å²) in [4.78, 5) is 4.81. The largest absolute Gasteiger partial charge is 0.309 e. The van der Waals surface area contributed by atoms with Crippen LogP contribution < -0.4 is 0 Å². The second-order valence-corrected chi connectivity index (χ2v) is 7.96. The zero-order chi connectivity index (χ0) is 16.0. The number of rotatable bonds is 6. The zero-order valence-electron chi connectivity index (χ0n) is 15.0. The van der Waals surface area contributed by atoms with Gasteiger partial charge in [-0.25, -0.2) is 0 Å². The van der Waals surface area contributed by atoms with Gasteiger partial charge in [0.2, 0.25) is 0 Å². The fourth-order valence-electron chi connectivity index (χ4n) is 3.64. The lowest BCUT2D eigenvalue weighted by atomic mass is 9.68. The number of hydrogen-bond acceptors (Lipinski definition) is 3. The standard InChI is InChI=1S/C18H35N3/c1-7-21(12-8-11-20(5)6)17-13-16(18(2,3)4)10-9-15(17)14-19/h15-17H,7-13H2,1-6H3. The molecule has 0 saturated heterocycles. The Morgan fingerprint density at radius 2 is 1.81 bits per heavy atom. The van der Waals surface area contributed by atoms with E-state index < -0.39 is 0 Å². The summed E-state index contributed by atoms with van der Waals surface area (Å²) in [5.74, 6) is 0.970. The van der Waals surface area contributed by atoms with Gasteiger partial charge in [-0.2, -0.15) is 5.26 Å². The zero-order valence-corrected chi connectivity index (χ0v) is 15.0. The predicted molar refractivity (Wildman–Crippen MR) is 90.1 cm³/mol. The molecule has 0 aromatic rings. The summed E-state index contributed by atoms with van der Waals surface area (Å²) >= 11 is 0. The van der Waals surface area contributed by atoms with Crippen molar-refractivity contribution in [3.05, 3.63) is 0 Å². The van der Waals surface area contributed by atoms with Crippen molar-refractivity contribution in [3.63, 3.8) is 0 Å². The average Bonchev–Trinajstić information content (AvgIpc) is 2.41. The predicted octanol–water partition coefficient (Wildman–Crippen LogP) is 3.61. The Labute approximate surface area is 132 Å². The molecule has 0 aliphatic heterocycles. The van der Waals surface area contributed by atoms with Crippen LogP contribution in [0.5, 0.6) is 0 Å². The molecule has 0 radical (unpaired) electrons. The van der Waals surface area contributed by atoms with E-state index in [-0.39, 0.29) is 5.92 Å². The minimum atomic E-state index is 0.225. The molecule has 0 spiro atoms. The highest BCUT2D eigenvalue weighted by Crippen LogP contribution is 2.41. The van der Waals surface area contributed by atoms with Gasteiger partial charge in [-0.1, -0.05) is 27.7 Å². The molecule has 1 fully saturated rings. The van der Waals surface area contributed by atoms with E-state index in [4.69, 9.17) is 0 Å². The first-order chi connectivity index (χ1) is 9.79. The Morgan fingerprint density at radius 1 is 1.14 bits per heavy atom. The van der Waals surface area contributed by atoms with E-state index in [9.17, 15) is 5.26 Å². The molecular weight excluding hydrogens is 258 g/mol. The third-order valence-electron chi connectivity index (χ3n) is 5.13. The van der Waals surface area contributed by atoms with Crippen molar-refractivity contribution in [1.82, 2.24) is 9.80 Å². The van der Waals surface area contributed by atoms with Crippen LogP contribution in [0.3, 0.4) is 0 Å². The second-order valence-electron chi connectivity index (χ2n) is 7.96. The lowest BCUT2D eigenvalue weighted by Gasteiger charge is -2.44. The summed E-state index contributed by atoms with van der Waals surface area (Å²) < 4.78 is 0. The van der Waals surface area contributed by atoms with Crippen molar-refractivity contribution in [2.24, 2.45) is 17.3 Å². The minimum absolute atomic E-state index is 0.225. The highest BCUT2D eigenvalue weighted by Gasteiger charge is 2.38. The van der Waals surface area contributed by atoms with Crippen molar-refractivity contribution in [2.45, 2.75) is 59.4 Å². The molecule has 3 nitrogen and oxygen atoms in total. The molecule has 21 heavy (non-hydrogen) atoms. The van der Waals surface area contributed by atoms with Gasteiger partial charge in [0.25, 0.3) is 0 Å². The van der Waals surface area contributed by atoms with E-state index in [0.29, 0.717) is 11.5 Å². The average molecular weight is 293 g/mol. The topological polar surface area (TPSA) is 30.3 Å². The Bertz CT molecular complexity index is 337. The van der Waals surface area contributed by atoms with Crippen LogP contribution in [0.15, 0.2) is 0 Å². The normalized spacial score (nSPS) is 27.1. The Kier molecular flexibility index (Phi) is 7.16. The lowest BCUT2D eigenvalue weighted by molar-refractivity contribution is 0.0614. The van der Waals surface area contributed by atoms with E-state index in [0.717, 1.165) is 32.0 Å². The molecule has 1 aliphatic carbocycles. The Balaban J connectivity index is 2.70. The van der Waals surface area contributed by atoms with Crippen LogP contribution >= 0.6 is 0 Å². The molecule has 0 N–H and O–H groups in total. The van der Waals surface area contributed by atoms with Crippen LogP contribution in [-0.4, -0.2) is 49.6 Å². The summed E-state index contributed by atoms with van der Waals surface area (Å²) in [5, 5.41) is 9.52. The lowest BCUT2D eigenvalue weighted by Crippen LogP contribution is -2.46. The molecule has 3 atom stereocenters. The molecule has 3 heteroatoms. The van der Waals surface area contributed by atoms with Gasteiger partial charge in [-0.05, 0) is 70.7 Å². The van der Waals surface area contributed by atoms with Gasteiger partial charge in [0.15, 0.2) is 0 Å². The summed E-state index contributed by atoms with van der Waals surface area (Å²) in [6.45, 7) is 12.6. The monoisotopic (exact) mass is 293 g/mol. The maximum absolute atomic E-state index is 9.52. The molecular formula is C18H35N3. The fourth-order valence-corrected chi connectivity index (χ4v) is 3.64. The third-order valence-corrected chi connectivity index (χ3v) is 5.13. The van der Waals surface area contributed by atoms with Crippen LogP contribution in [0.4, 0.5) is 0 Å². The third kappa shape index (κ3) is 5.60. The summed E-state index contributed by atoms with van der Waals surface area (Å²) in [6.07, 6.45) is 4.67. The first kappa shape index (κ1) is 18.5. The van der Waals surface area contributed by atoms with Crippen LogP contribution in [0, 0.1) is 28.6 Å². The molecule has 0 aromatic carbocycles. The molecule has 1 aliphatic rings. The molecule has 122 valence electrons. The summed E-state index contributed by atoms with van der Waals surface area (Å²) in [6, 6.07) is 3.05. The van der Waals surface area contributed by atoms with Crippen molar-refractivity contribution in [1.29, 1.82) is 5.26 Å². The molecule has 0 heterocycles. The van der Waals surface area contributed by atoms with Crippen LogP contribution in [0.2, 0.25) is 0 Å². The van der Waals surface area contributed by atoms with Gasteiger partial charge >= 0.3 is 0 Å². The van der Waals surface area contributed by atoms with Gasteiger partial charge < -0.3 is 4.90 Å². The molecule has 1 rings (SSSR count). The quantitative estimate of drug-likeness (QED) is 0.749. The van der Waals surface area contributed by atoms with E-state index in [2.05, 4.69) is 57.7 Å². The summed E-state index contributed by atoms with van der Waals surface area (Å²) in [7, 11) is 4.26.